The van der Waals surface area contributed by atoms with E-state index in [4.69, 9.17) is 4.74 Å². The van der Waals surface area contributed by atoms with Gasteiger partial charge in [0.1, 0.15) is 6.61 Å². The number of carboxylic acids is 1. The van der Waals surface area contributed by atoms with Crippen LogP contribution >= 0.6 is 0 Å². The Labute approximate surface area is 205 Å². The van der Waals surface area contributed by atoms with Crippen molar-refractivity contribution in [2.24, 2.45) is 11.3 Å². The summed E-state index contributed by atoms with van der Waals surface area (Å²) in [5, 5.41) is 15.1. The molecule has 2 aromatic carbocycles. The van der Waals surface area contributed by atoms with E-state index in [1.807, 2.05) is 24.3 Å². The number of amides is 2. The zero-order chi connectivity index (χ0) is 24.4. The third kappa shape index (κ3) is 4.77. The Kier molecular flexibility index (Phi) is 6.50. The number of carbonyl (C=O) groups excluding carboxylic acids is 2. The first-order chi connectivity index (χ1) is 17.0. The van der Waals surface area contributed by atoms with Crippen molar-refractivity contribution >= 4 is 18.0 Å². The number of carboxylic acid groups (broad SMARTS) is 1. The molecule has 0 bridgehead atoms. The molecule has 2 aromatic rings. The highest BCUT2D eigenvalue weighted by Crippen LogP contribution is 2.63. The summed E-state index contributed by atoms with van der Waals surface area (Å²) in [5.74, 6) is -0.457. The van der Waals surface area contributed by atoms with E-state index < -0.39 is 17.5 Å². The minimum absolute atomic E-state index is 0.00687. The lowest BCUT2D eigenvalue weighted by molar-refractivity contribution is -0.143. The van der Waals surface area contributed by atoms with E-state index in [1.54, 1.807) is 0 Å². The van der Waals surface area contributed by atoms with Gasteiger partial charge in [-0.25, -0.2) is 4.79 Å². The lowest BCUT2D eigenvalue weighted by Crippen LogP contribution is -2.35. The van der Waals surface area contributed by atoms with Gasteiger partial charge in [-0.15, -0.1) is 0 Å². The minimum Gasteiger partial charge on any atom is -0.481 e. The second kappa shape index (κ2) is 9.72. The highest BCUT2D eigenvalue weighted by atomic mass is 16.5. The Morgan fingerprint density at radius 1 is 0.943 bits per heavy atom. The largest absolute Gasteiger partial charge is 0.481 e. The summed E-state index contributed by atoms with van der Waals surface area (Å²) >= 11 is 0. The summed E-state index contributed by atoms with van der Waals surface area (Å²) in [6, 6.07) is 16.5. The molecule has 0 heterocycles. The van der Waals surface area contributed by atoms with E-state index in [2.05, 4.69) is 34.9 Å². The number of unbranched alkanes of at least 4 members (excludes halogenated alkanes) is 2. The van der Waals surface area contributed by atoms with E-state index >= 15 is 0 Å². The average molecular weight is 477 g/mol. The molecule has 5 rings (SSSR count). The van der Waals surface area contributed by atoms with Crippen molar-refractivity contribution in [3.8, 4) is 11.1 Å². The number of aliphatic carboxylic acids is 1. The highest BCUT2D eigenvalue weighted by molar-refractivity contribution is 5.81. The first-order valence-corrected chi connectivity index (χ1v) is 12.6. The van der Waals surface area contributed by atoms with Gasteiger partial charge in [-0.1, -0.05) is 55.0 Å². The van der Waals surface area contributed by atoms with Gasteiger partial charge in [-0.05, 0) is 60.3 Å². The lowest BCUT2D eigenvalue weighted by Gasteiger charge is -2.16. The number of ether oxygens (including phenoxy) is 1. The van der Waals surface area contributed by atoms with E-state index in [0.29, 0.717) is 26.0 Å². The summed E-state index contributed by atoms with van der Waals surface area (Å²) in [4.78, 5) is 35.8. The quantitative estimate of drug-likeness (QED) is 0.439. The fourth-order valence-corrected chi connectivity index (χ4v) is 5.99. The molecule has 0 saturated heterocycles. The van der Waals surface area contributed by atoms with Crippen LogP contribution in [0.15, 0.2) is 48.5 Å². The molecular formula is C28H32N2O5. The topological polar surface area (TPSA) is 105 Å². The van der Waals surface area contributed by atoms with Gasteiger partial charge in [-0.2, -0.15) is 0 Å². The van der Waals surface area contributed by atoms with Crippen LogP contribution in [0, 0.1) is 11.3 Å². The highest BCUT2D eigenvalue weighted by Gasteiger charge is 2.65. The van der Waals surface area contributed by atoms with Gasteiger partial charge in [0.05, 0.1) is 5.41 Å². The smallest absolute Gasteiger partial charge is 0.407 e. The van der Waals surface area contributed by atoms with Gasteiger partial charge in [0.2, 0.25) is 5.91 Å². The summed E-state index contributed by atoms with van der Waals surface area (Å²) in [6.45, 7) is 0.801. The van der Waals surface area contributed by atoms with Crippen LogP contribution in [0.25, 0.3) is 11.1 Å². The predicted octanol–water partition coefficient (Wildman–Crippen LogP) is 4.46. The van der Waals surface area contributed by atoms with Gasteiger partial charge >= 0.3 is 12.1 Å². The molecule has 7 heteroatoms. The monoisotopic (exact) mass is 476 g/mol. The number of alkyl carbamates (subject to hydrolysis) is 1. The van der Waals surface area contributed by atoms with Crippen LogP contribution in [0.1, 0.15) is 62.0 Å². The van der Waals surface area contributed by atoms with Gasteiger partial charge in [0.15, 0.2) is 0 Å². The maximum Gasteiger partial charge on any atom is 0.407 e. The SMILES string of the molecule is O=C(CCCCCNC(=O)OCC1c2ccccc2-c2ccccc21)NC1CC2CC2(C(=O)O)C1. The minimum atomic E-state index is -0.719. The molecule has 3 aliphatic rings. The van der Waals surface area contributed by atoms with Crippen LogP contribution in [0.4, 0.5) is 4.79 Å². The van der Waals surface area contributed by atoms with Crippen molar-refractivity contribution in [3.63, 3.8) is 0 Å². The van der Waals surface area contributed by atoms with E-state index in [0.717, 1.165) is 32.1 Å². The van der Waals surface area contributed by atoms with Gasteiger partial charge < -0.3 is 20.5 Å². The summed E-state index contributed by atoms with van der Waals surface area (Å²) in [6.07, 6.45) is 4.42. The second-order valence-electron chi connectivity index (χ2n) is 10.1. The third-order valence-corrected chi connectivity index (χ3v) is 7.90. The number of carbonyl (C=O) groups is 3. The molecule has 2 saturated carbocycles. The number of nitrogens with one attached hydrogen (secondary N) is 2. The molecule has 3 N–H and O–H groups in total. The Hall–Kier alpha value is -3.35. The van der Waals surface area contributed by atoms with Crippen molar-refractivity contribution in [1.29, 1.82) is 0 Å². The lowest BCUT2D eigenvalue weighted by atomic mass is 9.98. The number of hydrogen-bond donors (Lipinski definition) is 3. The van der Waals surface area contributed by atoms with Crippen molar-refractivity contribution < 1.29 is 24.2 Å². The standard InChI is InChI=1S/C28H32N2O5/c31-25(30-19-14-18-15-28(18,16-19)26(32)33)12-2-1-7-13-29-27(34)35-17-24-22-10-5-3-8-20(22)21-9-4-6-11-23(21)24/h3-6,8-11,18-19,24H,1-2,7,12-17H2,(H,29,34)(H,30,31)(H,32,33). The normalized spacial score (nSPS) is 23.7. The molecule has 2 fully saturated rings. The maximum atomic E-state index is 12.2. The molecular weight excluding hydrogens is 444 g/mol. The van der Waals surface area contributed by atoms with Gasteiger partial charge in [0.25, 0.3) is 0 Å². The molecule has 0 spiro atoms. The average Bonchev–Trinajstić information content (AvgIpc) is 3.28. The molecule has 2 amide bonds. The second-order valence-corrected chi connectivity index (χ2v) is 10.1. The summed E-state index contributed by atoms with van der Waals surface area (Å²) < 4.78 is 5.54. The molecule has 7 nitrogen and oxygen atoms in total. The van der Waals surface area contributed by atoms with E-state index in [1.165, 1.54) is 22.3 Å². The van der Waals surface area contributed by atoms with Crippen LogP contribution in [0.5, 0.6) is 0 Å². The van der Waals surface area contributed by atoms with Gasteiger partial charge in [0, 0.05) is 24.9 Å². The fraction of sp³-hybridized carbons (Fsp3) is 0.464. The van der Waals surface area contributed by atoms with Crippen LogP contribution in [-0.2, 0) is 14.3 Å². The number of benzene rings is 2. The van der Waals surface area contributed by atoms with Crippen molar-refractivity contribution in [2.75, 3.05) is 13.2 Å². The van der Waals surface area contributed by atoms with Crippen molar-refractivity contribution in [1.82, 2.24) is 10.6 Å². The number of fused-ring (bicyclic) bond motifs is 4. The molecule has 3 unspecified atom stereocenters. The van der Waals surface area contributed by atoms with Crippen molar-refractivity contribution in [2.45, 2.75) is 56.9 Å². The Bertz CT molecular complexity index is 1090. The van der Waals surface area contributed by atoms with Crippen LogP contribution < -0.4 is 10.6 Å². The zero-order valence-electron chi connectivity index (χ0n) is 19.8. The number of rotatable bonds is 10. The molecule has 0 aliphatic heterocycles. The third-order valence-electron chi connectivity index (χ3n) is 7.90. The summed E-state index contributed by atoms with van der Waals surface area (Å²) in [7, 11) is 0. The predicted molar refractivity (Wildman–Crippen MR) is 131 cm³/mol. The molecule has 3 atom stereocenters. The zero-order valence-corrected chi connectivity index (χ0v) is 19.8. The van der Waals surface area contributed by atoms with E-state index in [-0.39, 0.29) is 23.8 Å². The van der Waals surface area contributed by atoms with Gasteiger partial charge in [-0.3, -0.25) is 9.59 Å². The van der Waals surface area contributed by atoms with Crippen LogP contribution in [0.3, 0.4) is 0 Å². The molecule has 3 aliphatic carbocycles. The first kappa shape index (κ1) is 23.4. The molecule has 184 valence electrons. The number of hydrogen-bond acceptors (Lipinski definition) is 4. The Morgan fingerprint density at radius 3 is 2.29 bits per heavy atom. The van der Waals surface area contributed by atoms with Crippen LogP contribution in [0.2, 0.25) is 0 Å². The van der Waals surface area contributed by atoms with Crippen molar-refractivity contribution in [3.05, 3.63) is 59.7 Å². The van der Waals surface area contributed by atoms with Crippen LogP contribution in [-0.4, -0.2) is 42.3 Å². The fourth-order valence-electron chi connectivity index (χ4n) is 5.99. The molecule has 0 radical (unpaired) electrons. The first-order valence-electron chi connectivity index (χ1n) is 12.6. The Morgan fingerprint density at radius 2 is 1.63 bits per heavy atom. The molecule has 0 aromatic heterocycles. The molecule has 35 heavy (non-hydrogen) atoms. The Balaban J connectivity index is 0.963. The maximum absolute atomic E-state index is 12.2. The summed E-state index contributed by atoms with van der Waals surface area (Å²) in [5.41, 5.74) is 4.21. The van der Waals surface area contributed by atoms with E-state index in [9.17, 15) is 19.5 Å².